The second-order valence-electron chi connectivity index (χ2n) is 4.54. The number of nitrogens with zero attached hydrogens (tertiary/aromatic N) is 3. The summed E-state index contributed by atoms with van der Waals surface area (Å²) in [6, 6.07) is 2.12. The van der Waals surface area contributed by atoms with Crippen molar-refractivity contribution in [2.45, 2.75) is 19.4 Å². The summed E-state index contributed by atoms with van der Waals surface area (Å²) in [5, 5.41) is 6.20. The van der Waals surface area contributed by atoms with Gasteiger partial charge in [0.1, 0.15) is 0 Å². The third kappa shape index (κ3) is 2.70. The maximum atomic E-state index is 6.25. The fourth-order valence-electron chi connectivity index (χ4n) is 2.29. The van der Waals surface area contributed by atoms with E-state index in [4.69, 9.17) is 11.6 Å². The number of rotatable bonds is 5. The number of fused-ring (bicyclic) bond motifs is 1. The standard InChI is InChI=1S/C14H15ClN4S/c1-2-17-13(11-3-4-16-8-12(11)15)7-10-9-19-5-6-20-14(19)18-10/h3-6,8-9,13,17H,2,7H2,1H3. The maximum Gasteiger partial charge on any atom is 0.193 e. The van der Waals surface area contributed by atoms with Gasteiger partial charge >= 0.3 is 0 Å². The monoisotopic (exact) mass is 306 g/mol. The Morgan fingerprint density at radius 1 is 1.50 bits per heavy atom. The number of pyridine rings is 1. The molecule has 0 aromatic carbocycles. The van der Waals surface area contributed by atoms with Crippen molar-refractivity contribution in [2.75, 3.05) is 6.54 Å². The van der Waals surface area contributed by atoms with Gasteiger partial charge in [-0.1, -0.05) is 18.5 Å². The van der Waals surface area contributed by atoms with Crippen molar-refractivity contribution in [3.63, 3.8) is 0 Å². The number of hydrogen-bond donors (Lipinski definition) is 1. The average molecular weight is 307 g/mol. The first kappa shape index (κ1) is 13.5. The summed E-state index contributed by atoms with van der Waals surface area (Å²) in [4.78, 5) is 9.70. The van der Waals surface area contributed by atoms with Crippen LogP contribution in [0.4, 0.5) is 0 Å². The molecule has 3 aromatic heterocycles. The Morgan fingerprint density at radius 3 is 3.15 bits per heavy atom. The molecule has 0 saturated carbocycles. The smallest absolute Gasteiger partial charge is 0.193 e. The minimum absolute atomic E-state index is 0.153. The Hall–Kier alpha value is -1.43. The molecule has 20 heavy (non-hydrogen) atoms. The molecule has 0 aliphatic rings. The first-order valence-corrected chi connectivity index (χ1v) is 7.77. The quantitative estimate of drug-likeness (QED) is 0.786. The van der Waals surface area contributed by atoms with Crippen LogP contribution < -0.4 is 5.32 Å². The second kappa shape index (κ2) is 5.91. The molecule has 1 N–H and O–H groups in total. The summed E-state index contributed by atoms with van der Waals surface area (Å²) in [6.07, 6.45) is 8.37. The maximum absolute atomic E-state index is 6.25. The first-order valence-electron chi connectivity index (χ1n) is 6.51. The number of thiazole rings is 1. The van der Waals surface area contributed by atoms with Gasteiger partial charge in [0.05, 0.1) is 10.7 Å². The van der Waals surface area contributed by atoms with Crippen LogP contribution in [0.5, 0.6) is 0 Å². The molecule has 1 atom stereocenters. The number of halogens is 1. The van der Waals surface area contributed by atoms with E-state index in [0.29, 0.717) is 5.02 Å². The Morgan fingerprint density at radius 2 is 2.40 bits per heavy atom. The van der Waals surface area contributed by atoms with Gasteiger partial charge in [0.2, 0.25) is 0 Å². The SMILES string of the molecule is CCNC(Cc1cn2ccsc2n1)c1ccncc1Cl. The number of nitrogens with one attached hydrogen (secondary N) is 1. The molecule has 3 heterocycles. The van der Waals surface area contributed by atoms with Crippen molar-refractivity contribution in [1.29, 1.82) is 0 Å². The van der Waals surface area contributed by atoms with Gasteiger partial charge in [-0.15, -0.1) is 11.3 Å². The molecule has 0 fully saturated rings. The van der Waals surface area contributed by atoms with E-state index >= 15 is 0 Å². The summed E-state index contributed by atoms with van der Waals surface area (Å²) in [5.74, 6) is 0. The molecule has 0 radical (unpaired) electrons. The summed E-state index contributed by atoms with van der Waals surface area (Å²) in [5.41, 5.74) is 2.13. The molecule has 3 aromatic rings. The molecule has 6 heteroatoms. The molecule has 4 nitrogen and oxygen atoms in total. The molecule has 0 amide bonds. The fraction of sp³-hybridized carbons (Fsp3) is 0.286. The number of imidazole rings is 1. The van der Waals surface area contributed by atoms with Crippen molar-refractivity contribution >= 4 is 27.9 Å². The molecule has 0 bridgehead atoms. The van der Waals surface area contributed by atoms with Gasteiger partial charge in [-0.05, 0) is 18.2 Å². The Balaban J connectivity index is 1.87. The molecule has 0 aliphatic carbocycles. The van der Waals surface area contributed by atoms with Crippen molar-refractivity contribution in [2.24, 2.45) is 0 Å². The number of hydrogen-bond acceptors (Lipinski definition) is 4. The topological polar surface area (TPSA) is 42.2 Å². The van der Waals surface area contributed by atoms with Crippen LogP contribution in [0.25, 0.3) is 4.96 Å². The van der Waals surface area contributed by atoms with Crippen LogP contribution in [0.1, 0.15) is 24.2 Å². The second-order valence-corrected chi connectivity index (χ2v) is 5.82. The minimum atomic E-state index is 0.153. The zero-order chi connectivity index (χ0) is 13.9. The van der Waals surface area contributed by atoms with Crippen LogP contribution in [0, 0.1) is 0 Å². The van der Waals surface area contributed by atoms with E-state index < -0.39 is 0 Å². The van der Waals surface area contributed by atoms with Gasteiger partial charge in [0, 0.05) is 42.6 Å². The molecule has 104 valence electrons. The molecule has 1 unspecified atom stereocenters. The van der Waals surface area contributed by atoms with Crippen molar-refractivity contribution in [1.82, 2.24) is 19.7 Å². The van der Waals surface area contributed by atoms with Crippen LogP contribution in [-0.2, 0) is 6.42 Å². The molecule has 3 rings (SSSR count). The van der Waals surface area contributed by atoms with E-state index in [9.17, 15) is 0 Å². The van der Waals surface area contributed by atoms with Gasteiger partial charge in [-0.3, -0.25) is 9.38 Å². The van der Waals surface area contributed by atoms with Crippen LogP contribution >= 0.6 is 22.9 Å². The van der Waals surface area contributed by atoms with Gasteiger partial charge in [0.25, 0.3) is 0 Å². The molecular formula is C14H15ClN4S. The van der Waals surface area contributed by atoms with E-state index in [0.717, 1.165) is 29.2 Å². The predicted octanol–water partition coefficient (Wildman–Crippen LogP) is 3.34. The van der Waals surface area contributed by atoms with Crippen molar-refractivity contribution < 1.29 is 0 Å². The summed E-state index contributed by atoms with van der Waals surface area (Å²) >= 11 is 7.90. The summed E-state index contributed by atoms with van der Waals surface area (Å²) in [6.45, 7) is 2.97. The van der Waals surface area contributed by atoms with Crippen LogP contribution in [0.15, 0.2) is 36.2 Å². The molecule has 0 aliphatic heterocycles. The third-order valence-corrected chi connectivity index (χ3v) is 4.27. The van der Waals surface area contributed by atoms with Crippen LogP contribution in [0.3, 0.4) is 0 Å². The van der Waals surface area contributed by atoms with Gasteiger partial charge < -0.3 is 5.32 Å². The summed E-state index contributed by atoms with van der Waals surface area (Å²) in [7, 11) is 0. The lowest BCUT2D eigenvalue weighted by Gasteiger charge is -2.18. The lowest BCUT2D eigenvalue weighted by molar-refractivity contribution is 0.545. The summed E-state index contributed by atoms with van der Waals surface area (Å²) < 4.78 is 2.05. The lowest BCUT2D eigenvalue weighted by Crippen LogP contribution is -2.23. The highest BCUT2D eigenvalue weighted by molar-refractivity contribution is 7.15. The largest absolute Gasteiger partial charge is 0.310 e. The molecular weight excluding hydrogens is 292 g/mol. The Kier molecular flexibility index (Phi) is 4.00. The van der Waals surface area contributed by atoms with Gasteiger partial charge in [-0.2, -0.15) is 0 Å². The lowest BCUT2D eigenvalue weighted by atomic mass is 10.0. The van der Waals surface area contributed by atoms with E-state index in [2.05, 4.69) is 32.8 Å². The molecule has 0 saturated heterocycles. The first-order chi connectivity index (χ1) is 9.78. The van der Waals surface area contributed by atoms with Crippen molar-refractivity contribution in [3.8, 4) is 0 Å². The third-order valence-electron chi connectivity index (χ3n) is 3.19. The number of aromatic nitrogens is 3. The van der Waals surface area contributed by atoms with E-state index in [-0.39, 0.29) is 6.04 Å². The average Bonchev–Trinajstić information content (AvgIpc) is 3.00. The van der Waals surface area contributed by atoms with Crippen LogP contribution in [-0.4, -0.2) is 20.9 Å². The fourth-order valence-corrected chi connectivity index (χ4v) is 3.26. The van der Waals surface area contributed by atoms with Crippen molar-refractivity contribution in [3.05, 3.63) is 52.5 Å². The zero-order valence-corrected chi connectivity index (χ0v) is 12.7. The highest BCUT2D eigenvalue weighted by Gasteiger charge is 2.16. The van der Waals surface area contributed by atoms with Gasteiger partial charge in [0.15, 0.2) is 4.96 Å². The van der Waals surface area contributed by atoms with E-state index in [1.807, 2.05) is 17.6 Å². The van der Waals surface area contributed by atoms with Gasteiger partial charge in [-0.25, -0.2) is 4.98 Å². The van der Waals surface area contributed by atoms with E-state index in [1.54, 1.807) is 23.7 Å². The zero-order valence-electron chi connectivity index (χ0n) is 11.1. The Bertz CT molecular complexity index is 677. The van der Waals surface area contributed by atoms with E-state index in [1.165, 1.54) is 0 Å². The minimum Gasteiger partial charge on any atom is -0.310 e. The molecule has 0 spiro atoms. The highest BCUT2D eigenvalue weighted by Crippen LogP contribution is 2.25. The number of likely N-dealkylation sites (N-methyl/N-ethyl adjacent to an activating group) is 1. The van der Waals surface area contributed by atoms with Crippen LogP contribution in [0.2, 0.25) is 5.02 Å². The predicted molar refractivity (Wildman–Crippen MR) is 82.4 cm³/mol. The highest BCUT2D eigenvalue weighted by atomic mass is 35.5. The normalized spacial score (nSPS) is 12.9. The Labute approximate surface area is 126 Å².